The van der Waals surface area contributed by atoms with E-state index >= 15 is 0 Å². The van der Waals surface area contributed by atoms with Crippen molar-refractivity contribution in [3.05, 3.63) is 77.6 Å². The highest BCUT2D eigenvalue weighted by atomic mass is 16.5. The molecule has 0 spiro atoms. The van der Waals surface area contributed by atoms with Gasteiger partial charge in [0.05, 0.1) is 0 Å². The molecule has 0 bridgehead atoms. The van der Waals surface area contributed by atoms with Gasteiger partial charge < -0.3 is 9.26 Å². The van der Waals surface area contributed by atoms with Gasteiger partial charge in [0.2, 0.25) is 0 Å². The summed E-state index contributed by atoms with van der Waals surface area (Å²) in [6, 6.07) is 17.4. The summed E-state index contributed by atoms with van der Waals surface area (Å²) in [6.07, 6.45) is 0. The molecule has 0 radical (unpaired) electrons. The van der Waals surface area contributed by atoms with E-state index in [9.17, 15) is 14.4 Å². The molecule has 0 aliphatic heterocycles. The Morgan fingerprint density at radius 3 is 2.29 bits per heavy atom. The Kier molecular flexibility index (Phi) is 5.81. The number of rotatable bonds is 5. The highest BCUT2D eigenvalue weighted by molar-refractivity contribution is 5.98. The van der Waals surface area contributed by atoms with Gasteiger partial charge in [0.1, 0.15) is 17.0 Å². The first-order chi connectivity index (χ1) is 13.6. The number of aromatic nitrogens is 1. The maximum Gasteiger partial charge on any atom is 0.344 e. The molecule has 8 heteroatoms. The normalized spacial score (nSPS) is 10.2. The average molecular weight is 379 g/mol. The fourth-order valence-corrected chi connectivity index (χ4v) is 2.43. The number of ether oxygens (including phenoxy) is 1. The molecule has 0 saturated heterocycles. The smallest absolute Gasteiger partial charge is 0.344 e. The van der Waals surface area contributed by atoms with Gasteiger partial charge in [-0.2, -0.15) is 0 Å². The molecular formula is C20H17N3O5. The number of hydrogen-bond donors (Lipinski definition) is 2. The standard InChI is InChI=1S/C20H17N3O5/c1-13-17(18(23-28-13)14-8-4-2-5-9-14)20(26)27-12-16(24)21-22-19(25)15-10-6-3-7-11-15/h2-11H,12H2,1H3,(H,21,24)(H,22,25). The minimum Gasteiger partial charge on any atom is -0.452 e. The lowest BCUT2D eigenvalue weighted by Gasteiger charge is -2.08. The van der Waals surface area contributed by atoms with Crippen LogP contribution in [0.25, 0.3) is 11.3 Å². The number of nitrogens with one attached hydrogen (secondary N) is 2. The fraction of sp³-hybridized carbons (Fsp3) is 0.100. The van der Waals surface area contributed by atoms with Crippen LogP contribution >= 0.6 is 0 Å². The molecule has 28 heavy (non-hydrogen) atoms. The Bertz CT molecular complexity index is 984. The first-order valence-corrected chi connectivity index (χ1v) is 8.39. The van der Waals surface area contributed by atoms with Gasteiger partial charge >= 0.3 is 5.97 Å². The van der Waals surface area contributed by atoms with Gasteiger partial charge in [-0.05, 0) is 19.1 Å². The summed E-state index contributed by atoms with van der Waals surface area (Å²) in [5.41, 5.74) is 5.98. The number of benzene rings is 2. The summed E-state index contributed by atoms with van der Waals surface area (Å²) in [5, 5.41) is 3.89. The van der Waals surface area contributed by atoms with Crippen LogP contribution in [-0.4, -0.2) is 29.5 Å². The summed E-state index contributed by atoms with van der Waals surface area (Å²) in [7, 11) is 0. The lowest BCUT2D eigenvalue weighted by Crippen LogP contribution is -2.43. The van der Waals surface area contributed by atoms with E-state index in [-0.39, 0.29) is 11.3 Å². The van der Waals surface area contributed by atoms with Crippen LogP contribution in [-0.2, 0) is 9.53 Å². The monoisotopic (exact) mass is 379 g/mol. The molecular weight excluding hydrogens is 362 g/mol. The molecule has 0 aliphatic carbocycles. The summed E-state index contributed by atoms with van der Waals surface area (Å²) >= 11 is 0. The zero-order valence-corrected chi connectivity index (χ0v) is 15.0. The fourth-order valence-electron chi connectivity index (χ4n) is 2.43. The molecule has 3 aromatic rings. The van der Waals surface area contributed by atoms with Crippen molar-refractivity contribution in [2.24, 2.45) is 0 Å². The maximum atomic E-state index is 12.4. The van der Waals surface area contributed by atoms with Gasteiger partial charge in [0.25, 0.3) is 11.8 Å². The van der Waals surface area contributed by atoms with Gasteiger partial charge in [-0.25, -0.2) is 4.79 Å². The minimum absolute atomic E-state index is 0.146. The third-order valence-electron chi connectivity index (χ3n) is 3.80. The van der Waals surface area contributed by atoms with Gasteiger partial charge in [-0.3, -0.25) is 20.4 Å². The second kappa shape index (κ2) is 8.63. The van der Waals surface area contributed by atoms with Crippen LogP contribution in [0, 0.1) is 6.92 Å². The van der Waals surface area contributed by atoms with E-state index in [1.165, 1.54) is 0 Å². The Balaban J connectivity index is 1.57. The van der Waals surface area contributed by atoms with E-state index in [1.54, 1.807) is 61.5 Å². The van der Waals surface area contributed by atoms with Gasteiger partial charge in [0.15, 0.2) is 6.61 Å². The van der Waals surface area contributed by atoms with Crippen LogP contribution in [0.5, 0.6) is 0 Å². The first kappa shape index (κ1) is 18.8. The van der Waals surface area contributed by atoms with E-state index in [4.69, 9.17) is 9.26 Å². The second-order valence-electron chi connectivity index (χ2n) is 5.77. The van der Waals surface area contributed by atoms with Crippen molar-refractivity contribution in [1.82, 2.24) is 16.0 Å². The maximum absolute atomic E-state index is 12.4. The molecule has 0 atom stereocenters. The molecule has 142 valence electrons. The molecule has 1 heterocycles. The van der Waals surface area contributed by atoms with Crippen LogP contribution in [0.3, 0.4) is 0 Å². The number of carbonyl (C=O) groups excluding carboxylic acids is 3. The van der Waals surface area contributed by atoms with E-state index < -0.39 is 24.4 Å². The van der Waals surface area contributed by atoms with Gasteiger partial charge in [-0.15, -0.1) is 0 Å². The summed E-state index contributed by atoms with van der Waals surface area (Å²) in [5.74, 6) is -1.64. The number of carbonyl (C=O) groups is 3. The lowest BCUT2D eigenvalue weighted by molar-refractivity contribution is -0.125. The minimum atomic E-state index is -0.748. The number of nitrogens with zero attached hydrogens (tertiary/aromatic N) is 1. The second-order valence-corrected chi connectivity index (χ2v) is 5.77. The zero-order valence-electron chi connectivity index (χ0n) is 15.0. The highest BCUT2D eigenvalue weighted by Gasteiger charge is 2.23. The van der Waals surface area contributed by atoms with Crippen molar-refractivity contribution in [3.63, 3.8) is 0 Å². The molecule has 0 fully saturated rings. The molecule has 0 saturated carbocycles. The molecule has 2 amide bonds. The molecule has 8 nitrogen and oxygen atoms in total. The number of aryl methyl sites for hydroxylation is 1. The Labute approximate surface area is 160 Å². The SMILES string of the molecule is Cc1onc(-c2ccccc2)c1C(=O)OCC(=O)NNC(=O)c1ccccc1. The molecule has 3 rings (SSSR count). The van der Waals surface area contributed by atoms with E-state index in [1.807, 2.05) is 6.07 Å². The summed E-state index contributed by atoms with van der Waals surface area (Å²) < 4.78 is 10.1. The zero-order chi connectivity index (χ0) is 19.9. The van der Waals surface area contributed by atoms with Crippen molar-refractivity contribution in [3.8, 4) is 11.3 Å². The molecule has 0 aliphatic rings. The number of hydrogen-bond acceptors (Lipinski definition) is 6. The Morgan fingerprint density at radius 2 is 1.61 bits per heavy atom. The third-order valence-corrected chi connectivity index (χ3v) is 3.80. The van der Waals surface area contributed by atoms with Crippen molar-refractivity contribution >= 4 is 17.8 Å². The van der Waals surface area contributed by atoms with Crippen LogP contribution in [0.1, 0.15) is 26.5 Å². The average Bonchev–Trinajstić information content (AvgIpc) is 3.13. The largest absolute Gasteiger partial charge is 0.452 e. The predicted molar refractivity (Wildman–Crippen MR) is 99.0 cm³/mol. The van der Waals surface area contributed by atoms with Crippen molar-refractivity contribution in [1.29, 1.82) is 0 Å². The topological polar surface area (TPSA) is 111 Å². The molecule has 1 aromatic heterocycles. The van der Waals surface area contributed by atoms with E-state index in [0.29, 0.717) is 16.8 Å². The van der Waals surface area contributed by atoms with Gasteiger partial charge in [0, 0.05) is 11.1 Å². The Hall–Kier alpha value is -3.94. The van der Waals surface area contributed by atoms with Crippen molar-refractivity contribution < 1.29 is 23.6 Å². The van der Waals surface area contributed by atoms with Crippen molar-refractivity contribution in [2.75, 3.05) is 6.61 Å². The number of hydrazine groups is 1. The van der Waals surface area contributed by atoms with E-state index in [2.05, 4.69) is 16.0 Å². The summed E-state index contributed by atoms with van der Waals surface area (Å²) in [4.78, 5) is 36.1. The van der Waals surface area contributed by atoms with Crippen LogP contribution in [0.4, 0.5) is 0 Å². The predicted octanol–water partition coefficient (Wildman–Crippen LogP) is 2.27. The van der Waals surface area contributed by atoms with Crippen LogP contribution in [0.15, 0.2) is 65.2 Å². The first-order valence-electron chi connectivity index (χ1n) is 8.39. The molecule has 2 aromatic carbocycles. The Morgan fingerprint density at radius 1 is 0.964 bits per heavy atom. The van der Waals surface area contributed by atoms with Gasteiger partial charge in [-0.1, -0.05) is 53.7 Å². The number of amides is 2. The highest BCUT2D eigenvalue weighted by Crippen LogP contribution is 2.25. The van der Waals surface area contributed by atoms with E-state index in [0.717, 1.165) is 0 Å². The van der Waals surface area contributed by atoms with Crippen LogP contribution < -0.4 is 10.9 Å². The lowest BCUT2D eigenvalue weighted by atomic mass is 10.1. The number of esters is 1. The molecule has 2 N–H and O–H groups in total. The third kappa shape index (κ3) is 4.42. The molecule has 0 unspecified atom stereocenters. The van der Waals surface area contributed by atoms with Crippen LogP contribution in [0.2, 0.25) is 0 Å². The van der Waals surface area contributed by atoms with Crippen molar-refractivity contribution in [2.45, 2.75) is 6.92 Å². The summed E-state index contributed by atoms with van der Waals surface area (Å²) in [6.45, 7) is 1.00. The quantitative estimate of drug-likeness (QED) is 0.520.